The van der Waals surface area contributed by atoms with Gasteiger partial charge < -0.3 is 14.2 Å². The molecule has 2 aliphatic rings. The molecule has 1 aromatic heterocycles. The van der Waals surface area contributed by atoms with Crippen LogP contribution in [0.25, 0.3) is 11.3 Å². The van der Waals surface area contributed by atoms with Gasteiger partial charge in [-0.3, -0.25) is 0 Å². The van der Waals surface area contributed by atoms with Crippen molar-refractivity contribution in [1.29, 1.82) is 0 Å². The third kappa shape index (κ3) is 8.41. The molecule has 0 spiro atoms. The first kappa shape index (κ1) is 30.8. The lowest BCUT2D eigenvalue weighted by atomic mass is 9.87. The number of halogens is 4. The largest absolute Gasteiger partial charge is 0.486 e. The van der Waals surface area contributed by atoms with Crippen molar-refractivity contribution in [3.63, 3.8) is 0 Å². The van der Waals surface area contributed by atoms with Crippen molar-refractivity contribution < 1.29 is 31.8 Å². The van der Waals surface area contributed by atoms with Gasteiger partial charge in [-0.2, -0.15) is 4.39 Å². The normalized spacial score (nSPS) is 20.8. The van der Waals surface area contributed by atoms with E-state index >= 15 is 8.78 Å². The number of rotatable bonds is 17. The number of aromatic nitrogens is 1. The van der Waals surface area contributed by atoms with Crippen LogP contribution in [0.5, 0.6) is 5.75 Å². The van der Waals surface area contributed by atoms with Gasteiger partial charge in [-0.25, -0.2) is 18.2 Å². The number of unbranched alkanes of at least 4 members (excludes halogenated alkanes) is 6. The number of ether oxygens (including phenoxy) is 3. The van der Waals surface area contributed by atoms with Gasteiger partial charge in [0, 0.05) is 12.0 Å². The molecule has 8 heteroatoms. The first-order valence-corrected chi connectivity index (χ1v) is 15.1. The fourth-order valence-electron chi connectivity index (χ4n) is 5.45. The van der Waals surface area contributed by atoms with Gasteiger partial charge in [0.1, 0.15) is 18.9 Å². The highest BCUT2D eigenvalue weighted by atomic mass is 19.2. The van der Waals surface area contributed by atoms with E-state index in [1.54, 1.807) is 6.07 Å². The highest BCUT2D eigenvalue weighted by molar-refractivity contribution is 5.63. The number of aryl methyl sites for hydroxylation is 1. The van der Waals surface area contributed by atoms with Crippen LogP contribution in [0.3, 0.4) is 0 Å². The first-order valence-electron chi connectivity index (χ1n) is 15.1. The smallest absolute Gasteiger partial charge is 0.255 e. The summed E-state index contributed by atoms with van der Waals surface area (Å²) in [7, 11) is 0. The summed E-state index contributed by atoms with van der Waals surface area (Å²) >= 11 is 0. The lowest BCUT2D eigenvalue weighted by Crippen LogP contribution is -2.27. The molecule has 4 unspecified atom stereocenters. The van der Waals surface area contributed by atoms with Crippen LogP contribution in [-0.4, -0.2) is 42.7 Å². The zero-order chi connectivity index (χ0) is 28.5. The van der Waals surface area contributed by atoms with Crippen molar-refractivity contribution >= 4 is 0 Å². The Morgan fingerprint density at radius 3 is 2.50 bits per heavy atom. The number of pyridine rings is 1. The predicted molar refractivity (Wildman–Crippen MR) is 148 cm³/mol. The number of nitrogens with zero attached hydrogens (tertiary/aromatic N) is 1. The minimum absolute atomic E-state index is 0.00207. The predicted octanol–water partition coefficient (Wildman–Crippen LogP) is 8.46. The van der Waals surface area contributed by atoms with Gasteiger partial charge in [-0.05, 0) is 55.0 Å². The molecule has 1 aliphatic carbocycles. The van der Waals surface area contributed by atoms with E-state index in [1.807, 2.05) is 0 Å². The molecule has 40 heavy (non-hydrogen) atoms. The summed E-state index contributed by atoms with van der Waals surface area (Å²) in [6, 6.07) is 4.38. The maximum atomic E-state index is 15.1. The summed E-state index contributed by atoms with van der Waals surface area (Å²) in [6.07, 6.45) is 10.0. The molecule has 1 fully saturated rings. The van der Waals surface area contributed by atoms with Gasteiger partial charge in [-0.1, -0.05) is 65.2 Å². The van der Waals surface area contributed by atoms with Gasteiger partial charge >= 0.3 is 0 Å². The van der Waals surface area contributed by atoms with Crippen LogP contribution < -0.4 is 4.74 Å². The number of alkyl halides is 1. The Bertz CT molecular complexity index is 1100. The lowest BCUT2D eigenvalue weighted by Gasteiger charge is -2.26. The summed E-state index contributed by atoms with van der Waals surface area (Å²) in [6.45, 7) is 4.47. The van der Waals surface area contributed by atoms with E-state index in [2.05, 4.69) is 18.8 Å². The zero-order valence-corrected chi connectivity index (χ0v) is 23.8. The van der Waals surface area contributed by atoms with Crippen LogP contribution in [-0.2, 0) is 22.3 Å². The first-order chi connectivity index (χ1) is 19.4. The molecule has 0 radical (unpaired) electrons. The van der Waals surface area contributed by atoms with Crippen LogP contribution in [0.4, 0.5) is 17.6 Å². The van der Waals surface area contributed by atoms with E-state index in [0.717, 1.165) is 38.5 Å². The molecule has 1 aliphatic heterocycles. The van der Waals surface area contributed by atoms with Crippen molar-refractivity contribution in [2.45, 2.75) is 122 Å². The summed E-state index contributed by atoms with van der Waals surface area (Å²) in [5.74, 6) is -2.97. The van der Waals surface area contributed by atoms with E-state index in [-0.39, 0.29) is 60.5 Å². The minimum Gasteiger partial charge on any atom is -0.486 e. The topological polar surface area (TPSA) is 43.9 Å². The van der Waals surface area contributed by atoms with Gasteiger partial charge in [-0.15, -0.1) is 0 Å². The highest BCUT2D eigenvalue weighted by Crippen LogP contribution is 2.35. The Morgan fingerprint density at radius 1 is 0.975 bits per heavy atom. The van der Waals surface area contributed by atoms with E-state index < -0.39 is 23.8 Å². The molecule has 2 heterocycles. The summed E-state index contributed by atoms with van der Waals surface area (Å²) < 4.78 is 76.1. The maximum Gasteiger partial charge on any atom is 0.255 e. The SMILES string of the molecule is CCCCCCC(F)COC1CCc2cc(-c3ccc(OCC4OC4CCCCCC)c(F)n3)c(F)c(F)c2C1. The van der Waals surface area contributed by atoms with Crippen molar-refractivity contribution in [1.82, 2.24) is 4.98 Å². The third-order valence-corrected chi connectivity index (χ3v) is 7.97. The van der Waals surface area contributed by atoms with E-state index in [1.165, 1.54) is 31.4 Å². The Morgan fingerprint density at radius 2 is 1.75 bits per heavy atom. The van der Waals surface area contributed by atoms with Gasteiger partial charge in [0.05, 0.1) is 24.5 Å². The number of benzene rings is 1. The van der Waals surface area contributed by atoms with Crippen LogP contribution >= 0.6 is 0 Å². The standard InChI is InChI=1S/C32H43F4NO3/c1-3-5-7-9-11-22(33)19-38-23-14-13-21-17-25(31(35)30(34)24(21)18-23)26-15-16-28(32(36)37-26)39-20-29-27(40-29)12-10-8-6-4-2/h15-17,22-23,27,29H,3-14,18-20H2,1-2H3. The summed E-state index contributed by atoms with van der Waals surface area (Å²) in [5.41, 5.74) is 0.797. The van der Waals surface area contributed by atoms with Crippen LogP contribution in [0.15, 0.2) is 18.2 Å². The van der Waals surface area contributed by atoms with Crippen LogP contribution in [0.1, 0.15) is 95.6 Å². The fraction of sp³-hybridized carbons (Fsp3) is 0.656. The molecular weight excluding hydrogens is 522 g/mol. The average Bonchev–Trinajstić information content (AvgIpc) is 3.71. The number of fused-ring (bicyclic) bond motifs is 1. The summed E-state index contributed by atoms with van der Waals surface area (Å²) in [5, 5.41) is 0. The molecule has 1 saturated heterocycles. The highest BCUT2D eigenvalue weighted by Gasteiger charge is 2.38. The lowest BCUT2D eigenvalue weighted by molar-refractivity contribution is 0.00865. The molecule has 4 nitrogen and oxygen atoms in total. The van der Waals surface area contributed by atoms with Gasteiger partial charge in [0.15, 0.2) is 17.4 Å². The Kier molecular flexibility index (Phi) is 11.7. The van der Waals surface area contributed by atoms with Crippen molar-refractivity contribution in [2.24, 2.45) is 0 Å². The fourth-order valence-corrected chi connectivity index (χ4v) is 5.45. The van der Waals surface area contributed by atoms with Crippen molar-refractivity contribution in [3.8, 4) is 17.0 Å². The second kappa shape index (κ2) is 15.2. The Balaban J connectivity index is 1.31. The molecule has 1 aromatic carbocycles. The molecule has 4 atom stereocenters. The second-order valence-electron chi connectivity index (χ2n) is 11.2. The third-order valence-electron chi connectivity index (χ3n) is 7.97. The maximum absolute atomic E-state index is 15.1. The van der Waals surface area contributed by atoms with Crippen LogP contribution in [0, 0.1) is 17.6 Å². The number of epoxide rings is 1. The Hall–Kier alpha value is -2.19. The number of hydrogen-bond donors (Lipinski definition) is 0. The monoisotopic (exact) mass is 565 g/mol. The van der Waals surface area contributed by atoms with E-state index in [9.17, 15) is 8.78 Å². The molecule has 0 bridgehead atoms. The Labute approximate surface area is 235 Å². The van der Waals surface area contributed by atoms with E-state index in [4.69, 9.17) is 14.2 Å². The molecule has 222 valence electrons. The van der Waals surface area contributed by atoms with Crippen LogP contribution in [0.2, 0.25) is 0 Å². The quantitative estimate of drug-likeness (QED) is 0.0835. The average molecular weight is 566 g/mol. The van der Waals surface area contributed by atoms with Crippen molar-refractivity contribution in [3.05, 3.63) is 46.9 Å². The molecule has 2 aromatic rings. The van der Waals surface area contributed by atoms with Gasteiger partial charge in [0.2, 0.25) is 0 Å². The summed E-state index contributed by atoms with van der Waals surface area (Å²) in [4.78, 5) is 3.88. The second-order valence-corrected chi connectivity index (χ2v) is 11.2. The van der Waals surface area contributed by atoms with Gasteiger partial charge in [0.25, 0.3) is 5.95 Å². The minimum atomic E-state index is -1.07. The molecular formula is C32H43F4NO3. The molecule has 0 amide bonds. The van der Waals surface area contributed by atoms with Crippen molar-refractivity contribution in [2.75, 3.05) is 13.2 Å². The molecule has 0 N–H and O–H groups in total. The number of hydrogen-bond acceptors (Lipinski definition) is 4. The molecule has 0 saturated carbocycles. The zero-order valence-electron chi connectivity index (χ0n) is 23.8. The van der Waals surface area contributed by atoms with E-state index in [0.29, 0.717) is 24.8 Å². The molecule has 4 rings (SSSR count).